The highest BCUT2D eigenvalue weighted by Gasteiger charge is 2.29. The summed E-state index contributed by atoms with van der Waals surface area (Å²) in [6.45, 7) is 2.23. The van der Waals surface area contributed by atoms with E-state index in [1.54, 1.807) is 12.3 Å². The molecule has 3 N–H and O–H groups in total. The number of hydrogen-bond donors (Lipinski definition) is 2. The van der Waals surface area contributed by atoms with Crippen molar-refractivity contribution in [3.63, 3.8) is 0 Å². The second-order valence-electron chi connectivity index (χ2n) is 5.61. The summed E-state index contributed by atoms with van der Waals surface area (Å²) < 4.78 is 0. The Balaban J connectivity index is 1.77. The van der Waals surface area contributed by atoms with Crippen molar-refractivity contribution < 1.29 is 0 Å². The van der Waals surface area contributed by atoms with Crippen molar-refractivity contribution in [2.45, 2.75) is 25.7 Å². The van der Waals surface area contributed by atoms with Crippen LogP contribution in [0, 0.1) is 17.2 Å². The molecule has 4 heteroatoms. The molecule has 0 atom stereocenters. The summed E-state index contributed by atoms with van der Waals surface area (Å²) in [5.74, 6) is 2.82. The average Bonchev–Trinajstić information content (AvgIpc) is 3.23. The molecule has 0 aromatic carbocycles. The molecule has 2 aliphatic carbocycles. The Morgan fingerprint density at radius 1 is 1.28 bits per heavy atom. The molecule has 18 heavy (non-hydrogen) atoms. The topological polar surface area (TPSA) is 66.0 Å². The number of nitrogens with two attached hydrogens (primary N) is 1. The summed E-state index contributed by atoms with van der Waals surface area (Å²) in [7, 11) is 0. The molecule has 3 rings (SSSR count). The van der Waals surface area contributed by atoms with Crippen LogP contribution < -0.4 is 10.6 Å². The maximum absolute atomic E-state index is 7.51. The molecule has 0 aliphatic heterocycles. The third kappa shape index (κ3) is 2.81. The molecule has 1 heterocycles. The van der Waals surface area contributed by atoms with Crippen LogP contribution in [0.15, 0.2) is 18.3 Å². The monoisotopic (exact) mass is 244 g/mol. The number of nitrogens with zero attached hydrogens (tertiary/aromatic N) is 2. The molecule has 1 aromatic heterocycles. The van der Waals surface area contributed by atoms with Gasteiger partial charge in [0.2, 0.25) is 0 Å². The van der Waals surface area contributed by atoms with E-state index in [0.717, 1.165) is 36.3 Å². The minimum Gasteiger partial charge on any atom is -0.384 e. The van der Waals surface area contributed by atoms with Crippen molar-refractivity contribution in [2.24, 2.45) is 17.6 Å². The molecule has 1 aromatic rings. The van der Waals surface area contributed by atoms with Crippen molar-refractivity contribution in [1.29, 1.82) is 5.41 Å². The number of nitrogen functional groups attached to an aromatic ring is 1. The lowest BCUT2D eigenvalue weighted by Crippen LogP contribution is -2.29. The van der Waals surface area contributed by atoms with Gasteiger partial charge in [-0.05, 0) is 49.7 Å². The predicted octanol–water partition coefficient (Wildman–Crippen LogP) is 1.99. The Morgan fingerprint density at radius 3 is 2.39 bits per heavy atom. The normalized spacial score (nSPS) is 18.7. The number of amidine groups is 1. The lowest BCUT2D eigenvalue weighted by molar-refractivity contribution is 0.671. The molecule has 0 radical (unpaired) electrons. The van der Waals surface area contributed by atoms with Gasteiger partial charge in [0.15, 0.2) is 0 Å². The van der Waals surface area contributed by atoms with Gasteiger partial charge < -0.3 is 10.6 Å². The maximum Gasteiger partial charge on any atom is 0.129 e. The third-order valence-corrected chi connectivity index (χ3v) is 3.73. The molecule has 0 amide bonds. The minimum absolute atomic E-state index is 0.122. The Hall–Kier alpha value is -1.58. The highest BCUT2D eigenvalue weighted by atomic mass is 15.2. The first kappa shape index (κ1) is 11.5. The van der Waals surface area contributed by atoms with Crippen LogP contribution in [0.4, 0.5) is 5.82 Å². The fourth-order valence-electron chi connectivity index (χ4n) is 2.24. The quantitative estimate of drug-likeness (QED) is 0.594. The van der Waals surface area contributed by atoms with E-state index in [9.17, 15) is 0 Å². The van der Waals surface area contributed by atoms with Gasteiger partial charge in [-0.15, -0.1) is 0 Å². The lowest BCUT2D eigenvalue weighted by atomic mass is 10.2. The summed E-state index contributed by atoms with van der Waals surface area (Å²) in [5.41, 5.74) is 6.32. The predicted molar refractivity (Wildman–Crippen MR) is 72.9 cm³/mol. The zero-order valence-electron chi connectivity index (χ0n) is 10.6. The van der Waals surface area contributed by atoms with E-state index >= 15 is 0 Å². The van der Waals surface area contributed by atoms with Gasteiger partial charge in [-0.25, -0.2) is 4.98 Å². The van der Waals surface area contributed by atoms with E-state index in [1.807, 2.05) is 6.07 Å². The second-order valence-corrected chi connectivity index (χ2v) is 5.61. The maximum atomic E-state index is 7.51. The van der Waals surface area contributed by atoms with E-state index < -0.39 is 0 Å². The van der Waals surface area contributed by atoms with Crippen LogP contribution in [-0.2, 0) is 0 Å². The van der Waals surface area contributed by atoms with Gasteiger partial charge in [0, 0.05) is 24.8 Å². The molecule has 2 fully saturated rings. The van der Waals surface area contributed by atoms with Gasteiger partial charge in [-0.3, -0.25) is 5.41 Å². The minimum atomic E-state index is 0.122. The van der Waals surface area contributed by atoms with Gasteiger partial charge in [0.1, 0.15) is 11.7 Å². The molecule has 2 saturated carbocycles. The molecule has 0 saturated heterocycles. The van der Waals surface area contributed by atoms with Crippen molar-refractivity contribution in [1.82, 2.24) is 4.98 Å². The Kier molecular flexibility index (Phi) is 2.94. The van der Waals surface area contributed by atoms with E-state index in [4.69, 9.17) is 11.1 Å². The molecule has 2 aliphatic rings. The van der Waals surface area contributed by atoms with E-state index in [-0.39, 0.29) is 5.84 Å². The van der Waals surface area contributed by atoms with Crippen molar-refractivity contribution >= 4 is 11.7 Å². The summed E-state index contributed by atoms with van der Waals surface area (Å²) in [4.78, 5) is 6.85. The number of nitrogens with one attached hydrogen (secondary N) is 1. The number of pyridine rings is 1. The van der Waals surface area contributed by atoms with Gasteiger partial charge in [0.25, 0.3) is 0 Å². The van der Waals surface area contributed by atoms with Crippen LogP contribution in [0.5, 0.6) is 0 Å². The fourth-order valence-corrected chi connectivity index (χ4v) is 2.24. The van der Waals surface area contributed by atoms with Crippen LogP contribution in [0.3, 0.4) is 0 Å². The largest absolute Gasteiger partial charge is 0.384 e. The van der Waals surface area contributed by atoms with Gasteiger partial charge in [0.05, 0.1) is 0 Å². The average molecular weight is 244 g/mol. The summed E-state index contributed by atoms with van der Waals surface area (Å²) >= 11 is 0. The lowest BCUT2D eigenvalue weighted by Gasteiger charge is -2.24. The molecular formula is C14H20N4. The van der Waals surface area contributed by atoms with E-state index in [2.05, 4.69) is 9.88 Å². The molecule has 96 valence electrons. The molecule has 4 nitrogen and oxygen atoms in total. The fraction of sp³-hybridized carbons (Fsp3) is 0.571. The Bertz CT molecular complexity index is 435. The number of rotatable bonds is 6. The van der Waals surface area contributed by atoms with Gasteiger partial charge in [-0.2, -0.15) is 0 Å². The summed E-state index contributed by atoms with van der Waals surface area (Å²) in [6, 6.07) is 3.76. The van der Waals surface area contributed by atoms with Crippen molar-refractivity contribution in [3.8, 4) is 0 Å². The van der Waals surface area contributed by atoms with E-state index in [1.165, 1.54) is 25.7 Å². The molecule has 0 spiro atoms. The first-order valence-corrected chi connectivity index (χ1v) is 6.78. The number of anilines is 1. The standard InChI is InChI=1S/C14H20N4/c15-14(16)12-5-6-17-13(7-12)18(8-10-1-2-10)9-11-3-4-11/h5-7,10-11H,1-4,8-9H2,(H3,15,16). The zero-order chi connectivity index (χ0) is 12.5. The first-order valence-electron chi connectivity index (χ1n) is 6.78. The summed E-state index contributed by atoms with van der Waals surface area (Å²) in [5, 5.41) is 7.51. The van der Waals surface area contributed by atoms with Crippen molar-refractivity contribution in [2.75, 3.05) is 18.0 Å². The van der Waals surface area contributed by atoms with E-state index in [0.29, 0.717) is 0 Å². The summed E-state index contributed by atoms with van der Waals surface area (Å²) in [6.07, 6.45) is 7.18. The first-order chi connectivity index (χ1) is 8.72. The molecule has 0 bridgehead atoms. The van der Waals surface area contributed by atoms with Crippen LogP contribution >= 0.6 is 0 Å². The zero-order valence-corrected chi connectivity index (χ0v) is 10.6. The van der Waals surface area contributed by atoms with Gasteiger partial charge in [-0.1, -0.05) is 0 Å². The Labute approximate surface area is 108 Å². The third-order valence-electron chi connectivity index (χ3n) is 3.73. The molecule has 0 unspecified atom stereocenters. The highest BCUT2D eigenvalue weighted by Crippen LogP contribution is 2.35. The Morgan fingerprint density at radius 2 is 1.89 bits per heavy atom. The van der Waals surface area contributed by atoms with Crippen LogP contribution in [0.2, 0.25) is 0 Å². The van der Waals surface area contributed by atoms with Gasteiger partial charge >= 0.3 is 0 Å². The SMILES string of the molecule is N=C(N)c1ccnc(N(CC2CC2)CC2CC2)c1. The van der Waals surface area contributed by atoms with Crippen LogP contribution in [0.1, 0.15) is 31.2 Å². The van der Waals surface area contributed by atoms with Crippen LogP contribution in [-0.4, -0.2) is 23.9 Å². The highest BCUT2D eigenvalue weighted by molar-refractivity contribution is 5.95. The van der Waals surface area contributed by atoms with Crippen LogP contribution in [0.25, 0.3) is 0 Å². The number of aromatic nitrogens is 1. The smallest absolute Gasteiger partial charge is 0.129 e. The number of hydrogen-bond acceptors (Lipinski definition) is 3. The second kappa shape index (κ2) is 4.59. The molecular weight excluding hydrogens is 224 g/mol. The van der Waals surface area contributed by atoms with Crippen molar-refractivity contribution in [3.05, 3.63) is 23.9 Å².